The Morgan fingerprint density at radius 2 is 1.82 bits per heavy atom. The maximum atomic E-state index is 11.7. The van der Waals surface area contributed by atoms with Gasteiger partial charge in [-0.25, -0.2) is 4.79 Å². The summed E-state index contributed by atoms with van der Waals surface area (Å²) in [5, 5.41) is 5.61. The van der Waals surface area contributed by atoms with E-state index in [2.05, 4.69) is 61.1 Å². The van der Waals surface area contributed by atoms with Crippen molar-refractivity contribution in [1.29, 1.82) is 0 Å². The summed E-state index contributed by atoms with van der Waals surface area (Å²) < 4.78 is 0. The summed E-state index contributed by atoms with van der Waals surface area (Å²) in [6.07, 6.45) is 3.40. The number of carbonyl (C=O) groups excluding carboxylic acids is 2. The molecular weight excluding hydrogens is 350 g/mol. The van der Waals surface area contributed by atoms with E-state index in [0.29, 0.717) is 13.0 Å². The van der Waals surface area contributed by atoms with E-state index in [1.807, 2.05) is 29.2 Å². The summed E-state index contributed by atoms with van der Waals surface area (Å²) >= 11 is 0. The van der Waals surface area contributed by atoms with Crippen molar-refractivity contribution < 1.29 is 9.59 Å². The van der Waals surface area contributed by atoms with Gasteiger partial charge in [0.2, 0.25) is 5.91 Å². The lowest BCUT2D eigenvalue weighted by Crippen LogP contribution is -2.33. The van der Waals surface area contributed by atoms with Gasteiger partial charge < -0.3 is 15.5 Å². The summed E-state index contributed by atoms with van der Waals surface area (Å²) in [6.45, 7) is 16.7. The molecule has 0 radical (unpaired) electrons. The van der Waals surface area contributed by atoms with Crippen molar-refractivity contribution >= 4 is 17.6 Å². The van der Waals surface area contributed by atoms with E-state index in [9.17, 15) is 9.59 Å². The standard InChI is InChI=1S/C16H23N3O2.C5H4.C2H4/c1-2-13-6-8-14(9-7-13)18-16(21)17-10-4-12-19-11-3-5-15(19)20;1-3-5-4-2;1-2/h6-9H,2-5,10-12H2,1H3,(H2,17,18,21);1-2H2;1-2H2. The second kappa shape index (κ2) is 16.0. The van der Waals surface area contributed by atoms with Crippen molar-refractivity contribution in [1.82, 2.24) is 10.2 Å². The maximum absolute atomic E-state index is 11.7. The van der Waals surface area contributed by atoms with Crippen LogP contribution in [0.25, 0.3) is 0 Å². The average Bonchev–Trinajstić information content (AvgIpc) is 3.13. The van der Waals surface area contributed by atoms with Gasteiger partial charge >= 0.3 is 6.03 Å². The largest absolute Gasteiger partial charge is 0.343 e. The van der Waals surface area contributed by atoms with Gasteiger partial charge in [-0.15, -0.1) is 13.2 Å². The first-order chi connectivity index (χ1) is 13.6. The van der Waals surface area contributed by atoms with Gasteiger partial charge in [0.05, 0.1) is 0 Å². The molecule has 0 saturated carbocycles. The zero-order valence-corrected chi connectivity index (χ0v) is 16.9. The number of rotatable bonds is 6. The number of aryl methyl sites for hydroxylation is 1. The Hall–Kier alpha value is -3.22. The monoisotopic (exact) mass is 381 g/mol. The fraction of sp³-hybridized carbons (Fsp3) is 0.348. The lowest BCUT2D eigenvalue weighted by molar-refractivity contribution is -0.127. The van der Waals surface area contributed by atoms with Gasteiger partial charge in [-0.3, -0.25) is 4.79 Å². The highest BCUT2D eigenvalue weighted by Crippen LogP contribution is 2.10. The lowest BCUT2D eigenvalue weighted by atomic mass is 10.1. The molecule has 0 spiro atoms. The number of likely N-dealkylation sites (tertiary alicyclic amines) is 1. The van der Waals surface area contributed by atoms with Crippen LogP contribution in [0.4, 0.5) is 10.5 Å². The van der Waals surface area contributed by atoms with Crippen molar-refractivity contribution in [3.8, 4) is 0 Å². The molecule has 2 rings (SSSR count). The molecule has 0 unspecified atom stereocenters. The Balaban J connectivity index is 0.000000906. The molecular formula is C23H31N3O2. The third-order valence-electron chi connectivity index (χ3n) is 3.86. The molecule has 5 nitrogen and oxygen atoms in total. The molecule has 1 aromatic rings. The number of hydrogen-bond acceptors (Lipinski definition) is 2. The zero-order chi connectivity index (χ0) is 21.2. The minimum absolute atomic E-state index is 0.202. The first kappa shape index (κ1) is 24.8. The Labute approximate surface area is 168 Å². The van der Waals surface area contributed by atoms with E-state index in [0.717, 1.165) is 38.0 Å². The van der Waals surface area contributed by atoms with Gasteiger partial charge in [0.1, 0.15) is 0 Å². The highest BCUT2D eigenvalue weighted by molar-refractivity contribution is 5.89. The number of amides is 3. The van der Waals surface area contributed by atoms with Crippen LogP contribution in [0.2, 0.25) is 0 Å². The molecule has 0 atom stereocenters. The third-order valence-corrected chi connectivity index (χ3v) is 3.86. The average molecular weight is 382 g/mol. The zero-order valence-electron chi connectivity index (χ0n) is 16.9. The van der Waals surface area contributed by atoms with Crippen molar-refractivity contribution in [3.05, 3.63) is 73.3 Å². The van der Waals surface area contributed by atoms with Crippen LogP contribution in [-0.4, -0.2) is 36.5 Å². The SMILES string of the molecule is C=C.C=C=C=C=C.CCc1ccc(NC(=O)NCCCN2CCCC2=O)cc1. The maximum Gasteiger partial charge on any atom is 0.319 e. The summed E-state index contributed by atoms with van der Waals surface area (Å²) in [5.41, 5.74) is 9.11. The number of nitrogens with zero attached hydrogens (tertiary/aromatic N) is 1. The summed E-state index contributed by atoms with van der Waals surface area (Å²) in [6, 6.07) is 7.62. The van der Waals surface area contributed by atoms with E-state index in [1.165, 1.54) is 5.56 Å². The number of benzene rings is 1. The van der Waals surface area contributed by atoms with Gasteiger partial charge in [-0.2, -0.15) is 0 Å². The van der Waals surface area contributed by atoms with Crippen LogP contribution in [-0.2, 0) is 11.2 Å². The Morgan fingerprint density at radius 3 is 2.29 bits per heavy atom. The lowest BCUT2D eigenvalue weighted by Gasteiger charge is -2.15. The Morgan fingerprint density at radius 1 is 1.18 bits per heavy atom. The molecule has 28 heavy (non-hydrogen) atoms. The number of nitrogens with one attached hydrogen (secondary N) is 2. The first-order valence-electron chi connectivity index (χ1n) is 9.31. The molecule has 1 heterocycles. The van der Waals surface area contributed by atoms with Crippen LogP contribution < -0.4 is 10.6 Å². The summed E-state index contributed by atoms with van der Waals surface area (Å²) in [7, 11) is 0. The molecule has 1 aliphatic heterocycles. The van der Waals surface area contributed by atoms with Crippen molar-refractivity contribution in [2.45, 2.75) is 32.6 Å². The minimum Gasteiger partial charge on any atom is -0.343 e. The predicted octanol–water partition coefficient (Wildman–Crippen LogP) is 4.45. The van der Waals surface area contributed by atoms with Crippen LogP contribution in [0, 0.1) is 0 Å². The highest BCUT2D eigenvalue weighted by atomic mass is 16.2. The number of anilines is 1. The van der Waals surface area contributed by atoms with Crippen LogP contribution in [0.15, 0.2) is 67.8 Å². The molecule has 0 bridgehead atoms. The first-order valence-corrected chi connectivity index (χ1v) is 9.31. The van der Waals surface area contributed by atoms with Gasteiger partial charge in [-0.05, 0) is 55.8 Å². The second-order valence-electron chi connectivity index (χ2n) is 5.75. The normalized spacial score (nSPS) is 11.5. The summed E-state index contributed by atoms with van der Waals surface area (Å²) in [5.74, 6) is 0.232. The minimum atomic E-state index is -0.202. The Bertz CT molecular complexity index is 696. The van der Waals surface area contributed by atoms with Crippen molar-refractivity contribution in [3.63, 3.8) is 0 Å². The molecule has 150 valence electrons. The summed E-state index contributed by atoms with van der Waals surface area (Å²) in [4.78, 5) is 25.0. The van der Waals surface area contributed by atoms with Crippen molar-refractivity contribution in [2.24, 2.45) is 0 Å². The number of hydrogen-bond donors (Lipinski definition) is 2. The molecule has 1 saturated heterocycles. The predicted molar refractivity (Wildman–Crippen MR) is 116 cm³/mol. The van der Waals surface area contributed by atoms with E-state index in [-0.39, 0.29) is 11.9 Å². The van der Waals surface area contributed by atoms with Crippen molar-refractivity contribution in [2.75, 3.05) is 25.0 Å². The van der Waals surface area contributed by atoms with Gasteiger partial charge in [0, 0.05) is 31.7 Å². The van der Waals surface area contributed by atoms with E-state index in [1.54, 1.807) is 0 Å². The fourth-order valence-corrected chi connectivity index (χ4v) is 2.47. The molecule has 1 aliphatic rings. The Kier molecular flexibility index (Phi) is 14.2. The molecule has 1 fully saturated rings. The number of urea groups is 1. The topological polar surface area (TPSA) is 61.4 Å². The quantitative estimate of drug-likeness (QED) is 0.434. The van der Waals surface area contributed by atoms with Crippen LogP contribution in [0.5, 0.6) is 0 Å². The molecule has 3 amide bonds. The third kappa shape index (κ3) is 10.7. The van der Waals surface area contributed by atoms with Gasteiger partial charge in [-0.1, -0.05) is 30.5 Å². The highest BCUT2D eigenvalue weighted by Gasteiger charge is 2.18. The van der Waals surface area contributed by atoms with E-state index < -0.39 is 0 Å². The molecule has 0 aromatic heterocycles. The molecule has 2 N–H and O–H groups in total. The van der Waals surface area contributed by atoms with E-state index >= 15 is 0 Å². The molecule has 1 aromatic carbocycles. The van der Waals surface area contributed by atoms with E-state index in [4.69, 9.17) is 0 Å². The fourth-order valence-electron chi connectivity index (χ4n) is 2.47. The smallest absolute Gasteiger partial charge is 0.319 e. The molecule has 5 heteroatoms. The van der Waals surface area contributed by atoms with Crippen LogP contribution >= 0.6 is 0 Å². The van der Waals surface area contributed by atoms with Gasteiger partial charge in [0.15, 0.2) is 0 Å². The molecule has 0 aliphatic carbocycles. The van der Waals surface area contributed by atoms with Crippen LogP contribution in [0.3, 0.4) is 0 Å². The number of carbonyl (C=O) groups is 2. The van der Waals surface area contributed by atoms with Crippen LogP contribution in [0.1, 0.15) is 31.7 Å². The second-order valence-corrected chi connectivity index (χ2v) is 5.75. The van der Waals surface area contributed by atoms with Gasteiger partial charge in [0.25, 0.3) is 0 Å².